The van der Waals surface area contributed by atoms with Gasteiger partial charge in [0, 0.05) is 30.6 Å². The highest BCUT2D eigenvalue weighted by molar-refractivity contribution is 6.45. The third-order valence-corrected chi connectivity index (χ3v) is 2.87. The molecule has 17 heavy (non-hydrogen) atoms. The fraction of sp³-hybridized carbons (Fsp3) is 0.286. The van der Waals surface area contributed by atoms with E-state index in [9.17, 15) is 9.59 Å². The Balaban J connectivity index is 2.49. The van der Waals surface area contributed by atoms with Crippen LogP contribution in [0.3, 0.4) is 0 Å². The number of aryl methyl sites for hydroxylation is 1. The van der Waals surface area contributed by atoms with Gasteiger partial charge >= 0.3 is 0 Å². The number of aromatic nitrogens is 1. The molecule has 0 aliphatic carbocycles. The molecule has 3 nitrogen and oxygen atoms in total. The van der Waals surface area contributed by atoms with Crippen molar-refractivity contribution in [3.8, 4) is 0 Å². The fourth-order valence-electron chi connectivity index (χ4n) is 2.01. The minimum Gasteiger partial charge on any atom is -0.350 e. The van der Waals surface area contributed by atoms with Crippen molar-refractivity contribution in [1.29, 1.82) is 0 Å². The second-order valence-corrected chi connectivity index (χ2v) is 4.17. The summed E-state index contributed by atoms with van der Waals surface area (Å²) >= 11 is 0. The van der Waals surface area contributed by atoms with Crippen LogP contribution in [0.1, 0.15) is 30.1 Å². The van der Waals surface area contributed by atoms with E-state index in [1.54, 1.807) is 6.20 Å². The molecule has 1 aromatic heterocycles. The zero-order chi connectivity index (χ0) is 12.4. The largest absolute Gasteiger partial charge is 0.350 e. The predicted octanol–water partition coefficient (Wildman–Crippen LogP) is 2.73. The van der Waals surface area contributed by atoms with Crippen LogP contribution in [0.15, 0.2) is 30.5 Å². The molecule has 2 rings (SSSR count). The van der Waals surface area contributed by atoms with E-state index in [4.69, 9.17) is 0 Å². The molecule has 88 valence electrons. The molecule has 0 aliphatic rings. The lowest BCUT2D eigenvalue weighted by molar-refractivity contribution is -0.115. The predicted molar refractivity (Wildman–Crippen MR) is 67.2 cm³/mol. The van der Waals surface area contributed by atoms with Crippen LogP contribution < -0.4 is 0 Å². The van der Waals surface area contributed by atoms with Crippen molar-refractivity contribution in [2.24, 2.45) is 7.05 Å². The molecular weight excluding hydrogens is 214 g/mol. The van der Waals surface area contributed by atoms with Crippen molar-refractivity contribution in [1.82, 2.24) is 4.57 Å². The number of fused-ring (bicyclic) bond motifs is 1. The van der Waals surface area contributed by atoms with E-state index in [0.717, 1.165) is 10.9 Å². The summed E-state index contributed by atoms with van der Waals surface area (Å²) in [6.45, 7) is 1.90. The molecule has 0 N–H and O–H groups in total. The third-order valence-electron chi connectivity index (χ3n) is 2.87. The van der Waals surface area contributed by atoms with Gasteiger partial charge in [0.2, 0.25) is 11.6 Å². The van der Waals surface area contributed by atoms with Gasteiger partial charge in [0.15, 0.2) is 0 Å². The first kappa shape index (κ1) is 11.6. The molecular formula is C14H15NO2. The van der Waals surface area contributed by atoms with Gasteiger partial charge < -0.3 is 4.57 Å². The number of carbonyl (C=O) groups excluding carboxylic acids is 2. The van der Waals surface area contributed by atoms with Crippen LogP contribution in [0, 0.1) is 0 Å². The number of carbonyl (C=O) groups is 2. The second kappa shape index (κ2) is 4.53. The van der Waals surface area contributed by atoms with Gasteiger partial charge in [0.25, 0.3) is 0 Å². The van der Waals surface area contributed by atoms with E-state index in [0.29, 0.717) is 18.4 Å². The van der Waals surface area contributed by atoms with Crippen molar-refractivity contribution in [3.05, 3.63) is 36.0 Å². The number of nitrogens with zero attached hydrogens (tertiary/aromatic N) is 1. The summed E-state index contributed by atoms with van der Waals surface area (Å²) in [5.74, 6) is -0.674. The van der Waals surface area contributed by atoms with Gasteiger partial charge in [-0.05, 0) is 12.5 Å². The zero-order valence-corrected chi connectivity index (χ0v) is 10.1. The highest BCUT2D eigenvalue weighted by Crippen LogP contribution is 2.21. The lowest BCUT2D eigenvalue weighted by Gasteiger charge is -1.96. The van der Waals surface area contributed by atoms with E-state index in [1.807, 2.05) is 42.8 Å². The average molecular weight is 229 g/mol. The number of ketones is 2. The van der Waals surface area contributed by atoms with Crippen molar-refractivity contribution in [3.63, 3.8) is 0 Å². The summed E-state index contributed by atoms with van der Waals surface area (Å²) < 4.78 is 1.88. The molecule has 0 bridgehead atoms. The van der Waals surface area contributed by atoms with Crippen LogP contribution in [0.25, 0.3) is 10.9 Å². The van der Waals surface area contributed by atoms with E-state index >= 15 is 0 Å². The Kier molecular flexibility index (Phi) is 3.09. The first-order chi connectivity index (χ1) is 8.15. The summed E-state index contributed by atoms with van der Waals surface area (Å²) in [5, 5.41) is 0.851. The highest BCUT2D eigenvalue weighted by atomic mass is 16.2. The smallest absolute Gasteiger partial charge is 0.230 e. The molecule has 2 aromatic rings. The van der Waals surface area contributed by atoms with Gasteiger partial charge in [-0.2, -0.15) is 0 Å². The molecule has 0 saturated heterocycles. The number of para-hydroxylation sites is 1. The lowest BCUT2D eigenvalue weighted by atomic mass is 10.0. The van der Waals surface area contributed by atoms with Crippen LogP contribution in [-0.2, 0) is 11.8 Å². The Hall–Kier alpha value is -1.90. The second-order valence-electron chi connectivity index (χ2n) is 4.17. The van der Waals surface area contributed by atoms with Crippen molar-refractivity contribution in [2.75, 3.05) is 0 Å². The first-order valence-electron chi connectivity index (χ1n) is 5.76. The fourth-order valence-corrected chi connectivity index (χ4v) is 2.01. The molecule has 0 radical (unpaired) electrons. The maximum absolute atomic E-state index is 12.0. The Labute approximate surface area is 100 Å². The van der Waals surface area contributed by atoms with E-state index in [2.05, 4.69) is 0 Å². The van der Waals surface area contributed by atoms with Crippen molar-refractivity contribution >= 4 is 22.5 Å². The lowest BCUT2D eigenvalue weighted by Crippen LogP contribution is -2.13. The maximum atomic E-state index is 12.0. The van der Waals surface area contributed by atoms with Gasteiger partial charge in [-0.15, -0.1) is 0 Å². The number of benzene rings is 1. The normalized spacial score (nSPS) is 10.7. The Morgan fingerprint density at radius 2 is 1.94 bits per heavy atom. The summed E-state index contributed by atoms with van der Waals surface area (Å²) in [4.78, 5) is 23.6. The molecule has 3 heteroatoms. The Morgan fingerprint density at radius 1 is 1.24 bits per heavy atom. The van der Waals surface area contributed by atoms with Gasteiger partial charge in [-0.25, -0.2) is 0 Å². The molecule has 0 spiro atoms. The van der Waals surface area contributed by atoms with E-state index in [-0.39, 0.29) is 11.6 Å². The van der Waals surface area contributed by atoms with Crippen LogP contribution in [0.2, 0.25) is 0 Å². The number of hydrogen-bond donors (Lipinski definition) is 0. The minimum atomic E-state index is -0.372. The number of hydrogen-bond acceptors (Lipinski definition) is 2. The molecule has 1 aromatic carbocycles. The minimum absolute atomic E-state index is 0.302. The topological polar surface area (TPSA) is 39.1 Å². The molecule has 1 heterocycles. The molecule has 0 saturated carbocycles. The number of Topliss-reactive ketones (excluding diaryl/α,β-unsaturated/α-hetero) is 2. The quantitative estimate of drug-likeness (QED) is 0.597. The molecule has 0 unspecified atom stereocenters. The number of rotatable bonds is 4. The monoisotopic (exact) mass is 229 g/mol. The van der Waals surface area contributed by atoms with Crippen LogP contribution >= 0.6 is 0 Å². The van der Waals surface area contributed by atoms with Crippen molar-refractivity contribution < 1.29 is 9.59 Å². The van der Waals surface area contributed by atoms with Crippen molar-refractivity contribution in [2.45, 2.75) is 19.8 Å². The maximum Gasteiger partial charge on any atom is 0.230 e. The summed E-state index contributed by atoms with van der Waals surface area (Å²) in [6.07, 6.45) is 2.76. The van der Waals surface area contributed by atoms with E-state index in [1.165, 1.54) is 0 Å². The third kappa shape index (κ3) is 2.00. The average Bonchev–Trinajstić information content (AvgIpc) is 2.67. The molecule has 0 aliphatic heterocycles. The van der Waals surface area contributed by atoms with Gasteiger partial charge in [0.05, 0.1) is 5.56 Å². The Bertz CT molecular complexity index is 581. The molecule has 0 amide bonds. The van der Waals surface area contributed by atoms with Crippen LogP contribution in [0.4, 0.5) is 0 Å². The molecule has 0 fully saturated rings. The van der Waals surface area contributed by atoms with E-state index < -0.39 is 0 Å². The van der Waals surface area contributed by atoms with Crippen LogP contribution in [-0.4, -0.2) is 16.1 Å². The van der Waals surface area contributed by atoms with Crippen LogP contribution in [0.5, 0.6) is 0 Å². The standard InChI is InChI=1S/C14H15NO2/c1-3-6-13(16)14(17)11-9-15(2)12-8-5-4-7-10(11)12/h4-5,7-9H,3,6H2,1-2H3. The summed E-state index contributed by atoms with van der Waals surface area (Å²) in [5.41, 5.74) is 1.49. The van der Waals surface area contributed by atoms with Gasteiger partial charge in [0.1, 0.15) is 0 Å². The summed E-state index contributed by atoms with van der Waals surface area (Å²) in [7, 11) is 1.88. The zero-order valence-electron chi connectivity index (χ0n) is 10.1. The van der Waals surface area contributed by atoms with Gasteiger partial charge in [-0.1, -0.05) is 25.1 Å². The Morgan fingerprint density at radius 3 is 2.65 bits per heavy atom. The SMILES string of the molecule is CCCC(=O)C(=O)c1cn(C)c2ccccc12. The first-order valence-corrected chi connectivity index (χ1v) is 5.76. The summed E-state index contributed by atoms with van der Waals surface area (Å²) in [6, 6.07) is 7.62. The highest BCUT2D eigenvalue weighted by Gasteiger charge is 2.19. The molecule has 0 atom stereocenters. The van der Waals surface area contributed by atoms with Gasteiger partial charge in [-0.3, -0.25) is 9.59 Å².